The fourth-order valence-corrected chi connectivity index (χ4v) is 3.53. The van der Waals surface area contributed by atoms with Crippen molar-refractivity contribution in [1.82, 2.24) is 4.90 Å². The van der Waals surface area contributed by atoms with Gasteiger partial charge in [-0.25, -0.2) is 0 Å². The Balaban J connectivity index is 2.30. The van der Waals surface area contributed by atoms with Crippen LogP contribution in [0, 0.1) is 22.0 Å². The van der Waals surface area contributed by atoms with E-state index in [1.165, 1.54) is 12.5 Å². The zero-order valence-corrected chi connectivity index (χ0v) is 14.7. The maximum Gasteiger partial charge on any atom is 0.274 e. The maximum absolute atomic E-state index is 11.4. The number of carbonyl (C=O) groups is 1. The summed E-state index contributed by atoms with van der Waals surface area (Å²) >= 11 is 0. The second-order valence-corrected chi connectivity index (χ2v) is 7.22. The Morgan fingerprint density at radius 1 is 1.38 bits per heavy atom. The van der Waals surface area contributed by atoms with Crippen molar-refractivity contribution in [3.8, 4) is 0 Å². The van der Waals surface area contributed by atoms with Crippen LogP contribution in [0.3, 0.4) is 0 Å². The molecule has 132 valence electrons. The van der Waals surface area contributed by atoms with Gasteiger partial charge in [-0.05, 0) is 43.7 Å². The molecule has 1 amide bonds. The van der Waals surface area contributed by atoms with Crippen LogP contribution < -0.4 is 5.73 Å². The van der Waals surface area contributed by atoms with Crippen molar-refractivity contribution in [3.05, 3.63) is 39.4 Å². The van der Waals surface area contributed by atoms with Crippen LogP contribution in [-0.2, 0) is 6.54 Å². The number of nitrogens with two attached hydrogens (primary N) is 1. The van der Waals surface area contributed by atoms with Crippen LogP contribution in [-0.4, -0.2) is 28.3 Å². The van der Waals surface area contributed by atoms with Gasteiger partial charge in [0.05, 0.1) is 4.92 Å². The molecule has 1 fully saturated rings. The zero-order chi connectivity index (χ0) is 17.9. The Bertz CT molecular complexity index is 616. The second kappa shape index (κ2) is 7.75. The Hall–Kier alpha value is -1.95. The summed E-state index contributed by atoms with van der Waals surface area (Å²) in [4.78, 5) is 24.6. The van der Waals surface area contributed by atoms with Crippen molar-refractivity contribution in [2.45, 2.75) is 52.6 Å². The fraction of sp³-hybridized carbons (Fsp3) is 0.611. The summed E-state index contributed by atoms with van der Waals surface area (Å²) < 4.78 is 0. The van der Waals surface area contributed by atoms with Crippen molar-refractivity contribution in [1.29, 1.82) is 0 Å². The van der Waals surface area contributed by atoms with Crippen LogP contribution in [0.15, 0.2) is 18.2 Å². The number of hydrogen-bond acceptors (Lipinski definition) is 4. The number of benzene rings is 1. The van der Waals surface area contributed by atoms with Crippen LogP contribution in [0.4, 0.5) is 5.69 Å². The molecular formula is C18H27N3O3. The average molecular weight is 333 g/mol. The Morgan fingerprint density at radius 2 is 2.08 bits per heavy atom. The minimum absolute atomic E-state index is 0.0221. The zero-order valence-electron chi connectivity index (χ0n) is 14.7. The fourth-order valence-electron chi connectivity index (χ4n) is 3.53. The Labute approximate surface area is 143 Å². The van der Waals surface area contributed by atoms with E-state index in [-0.39, 0.29) is 11.3 Å². The van der Waals surface area contributed by atoms with Gasteiger partial charge in [0.25, 0.3) is 5.69 Å². The molecule has 1 aliphatic rings. The second-order valence-electron chi connectivity index (χ2n) is 7.22. The molecule has 1 aliphatic heterocycles. The first-order chi connectivity index (χ1) is 11.3. The van der Waals surface area contributed by atoms with Crippen LogP contribution in [0.25, 0.3) is 0 Å². The molecule has 1 aromatic carbocycles. The predicted molar refractivity (Wildman–Crippen MR) is 93.7 cm³/mol. The SMILES string of the molecule is CC1CCC(C(C)C)N(Cc2ccc(C(N)=O)cc2[N+](=O)[O-])CC1. The van der Waals surface area contributed by atoms with Gasteiger partial charge in [-0.15, -0.1) is 0 Å². The third-order valence-corrected chi connectivity index (χ3v) is 5.04. The molecule has 1 heterocycles. The Morgan fingerprint density at radius 3 is 2.67 bits per heavy atom. The lowest BCUT2D eigenvalue weighted by molar-refractivity contribution is -0.385. The third kappa shape index (κ3) is 4.32. The van der Waals surface area contributed by atoms with Crippen molar-refractivity contribution < 1.29 is 9.72 Å². The molecule has 2 rings (SSSR count). The lowest BCUT2D eigenvalue weighted by atomic mass is 9.95. The standard InChI is InChI=1S/C18H27N3O3/c1-12(2)16-7-4-13(3)8-9-20(16)11-15-6-5-14(18(19)22)10-17(15)21(23)24/h5-6,10,12-13,16H,4,7-9,11H2,1-3H3,(H2,19,22). The van der Waals surface area contributed by atoms with E-state index < -0.39 is 10.8 Å². The summed E-state index contributed by atoms with van der Waals surface area (Å²) in [5, 5.41) is 11.4. The van der Waals surface area contributed by atoms with Gasteiger partial charge in [0.15, 0.2) is 0 Å². The number of nitro groups is 1. The smallest absolute Gasteiger partial charge is 0.274 e. The number of rotatable bonds is 5. The van der Waals surface area contributed by atoms with E-state index >= 15 is 0 Å². The molecule has 2 unspecified atom stereocenters. The topological polar surface area (TPSA) is 89.5 Å². The normalized spacial score (nSPS) is 22.3. The molecule has 2 N–H and O–H groups in total. The summed E-state index contributed by atoms with van der Waals surface area (Å²) in [7, 11) is 0. The highest BCUT2D eigenvalue weighted by Crippen LogP contribution is 2.29. The van der Waals surface area contributed by atoms with Gasteiger partial charge in [0.1, 0.15) is 0 Å². The number of likely N-dealkylation sites (tertiary alicyclic amines) is 1. The molecule has 2 atom stereocenters. The number of hydrogen-bond donors (Lipinski definition) is 1. The van der Waals surface area contributed by atoms with Crippen LogP contribution in [0.5, 0.6) is 0 Å². The van der Waals surface area contributed by atoms with Gasteiger partial charge in [-0.2, -0.15) is 0 Å². The molecule has 0 radical (unpaired) electrons. The first-order valence-electron chi connectivity index (χ1n) is 8.60. The summed E-state index contributed by atoms with van der Waals surface area (Å²) in [6, 6.07) is 4.97. The van der Waals surface area contributed by atoms with Gasteiger partial charge < -0.3 is 5.73 Å². The van der Waals surface area contributed by atoms with Crippen LogP contribution in [0.1, 0.15) is 56.0 Å². The summed E-state index contributed by atoms with van der Waals surface area (Å²) in [6.45, 7) is 8.16. The van der Waals surface area contributed by atoms with Gasteiger partial charge >= 0.3 is 0 Å². The summed E-state index contributed by atoms with van der Waals surface area (Å²) in [5.74, 6) is 0.538. The highest BCUT2D eigenvalue weighted by Gasteiger charge is 2.28. The van der Waals surface area contributed by atoms with E-state index in [4.69, 9.17) is 5.73 Å². The van der Waals surface area contributed by atoms with Crippen molar-refractivity contribution in [2.75, 3.05) is 6.54 Å². The predicted octanol–water partition coefficient (Wildman–Crippen LogP) is 3.34. The van der Waals surface area contributed by atoms with Crippen LogP contribution in [0.2, 0.25) is 0 Å². The summed E-state index contributed by atoms with van der Waals surface area (Å²) in [5.41, 5.74) is 6.04. The van der Waals surface area contributed by atoms with E-state index in [1.807, 2.05) is 0 Å². The molecule has 6 heteroatoms. The lowest BCUT2D eigenvalue weighted by Gasteiger charge is -2.32. The van der Waals surface area contributed by atoms with Gasteiger partial charge in [-0.3, -0.25) is 19.8 Å². The first kappa shape index (κ1) is 18.4. The van der Waals surface area contributed by atoms with Crippen molar-refractivity contribution in [2.24, 2.45) is 17.6 Å². The molecule has 0 aliphatic carbocycles. The minimum atomic E-state index is -0.645. The number of nitro benzene ring substituents is 1. The first-order valence-corrected chi connectivity index (χ1v) is 8.60. The molecule has 0 aromatic heterocycles. The molecule has 0 spiro atoms. The maximum atomic E-state index is 11.4. The molecular weight excluding hydrogens is 306 g/mol. The quantitative estimate of drug-likeness (QED) is 0.661. The highest BCUT2D eigenvalue weighted by atomic mass is 16.6. The number of carbonyl (C=O) groups excluding carboxylic acids is 1. The van der Waals surface area contributed by atoms with E-state index in [0.29, 0.717) is 30.0 Å². The molecule has 1 saturated heterocycles. The third-order valence-electron chi connectivity index (χ3n) is 5.04. The monoisotopic (exact) mass is 333 g/mol. The van der Waals surface area contributed by atoms with E-state index in [0.717, 1.165) is 19.4 Å². The average Bonchev–Trinajstić information content (AvgIpc) is 2.69. The van der Waals surface area contributed by atoms with E-state index in [2.05, 4.69) is 25.7 Å². The van der Waals surface area contributed by atoms with Gasteiger partial charge in [-0.1, -0.05) is 26.8 Å². The van der Waals surface area contributed by atoms with Crippen molar-refractivity contribution in [3.63, 3.8) is 0 Å². The molecule has 24 heavy (non-hydrogen) atoms. The van der Waals surface area contributed by atoms with Gasteiger partial charge in [0.2, 0.25) is 5.91 Å². The number of primary amides is 1. The highest BCUT2D eigenvalue weighted by molar-refractivity contribution is 5.93. The molecule has 0 bridgehead atoms. The van der Waals surface area contributed by atoms with Gasteiger partial charge in [0, 0.05) is 29.8 Å². The number of amides is 1. The van der Waals surface area contributed by atoms with Crippen LogP contribution >= 0.6 is 0 Å². The molecule has 1 aromatic rings. The van der Waals surface area contributed by atoms with E-state index in [1.54, 1.807) is 12.1 Å². The Kier molecular flexibility index (Phi) is 5.94. The summed E-state index contributed by atoms with van der Waals surface area (Å²) in [6.07, 6.45) is 3.42. The minimum Gasteiger partial charge on any atom is -0.366 e. The largest absolute Gasteiger partial charge is 0.366 e. The van der Waals surface area contributed by atoms with E-state index in [9.17, 15) is 14.9 Å². The molecule has 0 saturated carbocycles. The number of nitrogens with zero attached hydrogens (tertiary/aromatic N) is 2. The molecule has 6 nitrogen and oxygen atoms in total. The lowest BCUT2D eigenvalue weighted by Crippen LogP contribution is -2.38. The van der Waals surface area contributed by atoms with Crippen molar-refractivity contribution >= 4 is 11.6 Å².